The molecule has 0 aliphatic carbocycles. The fourth-order valence-corrected chi connectivity index (χ4v) is 2.10. The Labute approximate surface area is 126 Å². The van der Waals surface area contributed by atoms with Gasteiger partial charge in [0.15, 0.2) is 5.76 Å². The first-order valence-electron chi connectivity index (χ1n) is 7.30. The van der Waals surface area contributed by atoms with E-state index in [0.29, 0.717) is 13.2 Å². The summed E-state index contributed by atoms with van der Waals surface area (Å²) in [6, 6.07) is 12.3. The fourth-order valence-electron chi connectivity index (χ4n) is 2.10. The number of ether oxygens (including phenoxy) is 1. The summed E-state index contributed by atoms with van der Waals surface area (Å²) in [4.78, 5) is 0. The zero-order chi connectivity index (χ0) is 15.1. The molecule has 0 amide bonds. The van der Waals surface area contributed by atoms with Crippen LogP contribution in [0.1, 0.15) is 30.9 Å². The largest absolute Gasteiger partial charge is 0.373 e. The average molecular weight is 288 g/mol. The molecule has 0 atom stereocenters. The van der Waals surface area contributed by atoms with Crippen molar-refractivity contribution in [3.05, 3.63) is 53.4 Å². The van der Waals surface area contributed by atoms with Crippen molar-refractivity contribution < 1.29 is 9.26 Å². The van der Waals surface area contributed by atoms with Gasteiger partial charge in [-0.25, -0.2) is 0 Å². The van der Waals surface area contributed by atoms with Crippen molar-refractivity contribution in [2.24, 2.45) is 5.41 Å². The van der Waals surface area contributed by atoms with Crippen LogP contribution in [0.2, 0.25) is 0 Å². The first-order valence-corrected chi connectivity index (χ1v) is 7.30. The lowest BCUT2D eigenvalue weighted by atomic mass is 9.95. The van der Waals surface area contributed by atoms with Crippen LogP contribution < -0.4 is 5.32 Å². The summed E-state index contributed by atoms with van der Waals surface area (Å²) in [6.45, 7) is 9.22. The summed E-state index contributed by atoms with van der Waals surface area (Å²) in [5.74, 6) is 0.778. The predicted octanol–water partition coefficient (Wildman–Crippen LogP) is 3.32. The minimum Gasteiger partial charge on any atom is -0.373 e. The Hall–Kier alpha value is -1.65. The van der Waals surface area contributed by atoms with E-state index >= 15 is 0 Å². The van der Waals surface area contributed by atoms with Crippen LogP contribution in [0.3, 0.4) is 0 Å². The van der Waals surface area contributed by atoms with Gasteiger partial charge in [-0.3, -0.25) is 0 Å². The van der Waals surface area contributed by atoms with Crippen LogP contribution in [-0.2, 0) is 17.9 Å². The normalized spacial score (nSPS) is 11.8. The van der Waals surface area contributed by atoms with Crippen molar-refractivity contribution >= 4 is 0 Å². The Bertz CT molecular complexity index is 535. The van der Waals surface area contributed by atoms with Gasteiger partial charge >= 0.3 is 0 Å². The van der Waals surface area contributed by atoms with Gasteiger partial charge in [0.05, 0.1) is 12.3 Å². The van der Waals surface area contributed by atoms with Gasteiger partial charge in [-0.2, -0.15) is 0 Å². The highest BCUT2D eigenvalue weighted by Gasteiger charge is 2.18. The number of aromatic nitrogens is 1. The van der Waals surface area contributed by atoms with Gasteiger partial charge in [0.1, 0.15) is 6.61 Å². The van der Waals surface area contributed by atoms with Gasteiger partial charge < -0.3 is 14.6 Å². The van der Waals surface area contributed by atoms with Gasteiger partial charge in [0.25, 0.3) is 0 Å². The molecule has 1 aromatic carbocycles. The van der Waals surface area contributed by atoms with Crippen molar-refractivity contribution in [2.75, 3.05) is 13.2 Å². The van der Waals surface area contributed by atoms with Gasteiger partial charge in [0.2, 0.25) is 0 Å². The van der Waals surface area contributed by atoms with E-state index in [-0.39, 0.29) is 5.41 Å². The lowest BCUT2D eigenvalue weighted by Gasteiger charge is -2.24. The second-order valence-electron chi connectivity index (χ2n) is 6.18. The standard InChI is InChI=1S/C17H24N2O2/c1-14-9-16(21-19-14)11-20-13-17(2,3)12-18-10-15-7-5-4-6-8-15/h4-9,18H,10-13H2,1-3H3. The monoisotopic (exact) mass is 288 g/mol. The summed E-state index contributed by atoms with van der Waals surface area (Å²) >= 11 is 0. The van der Waals surface area contributed by atoms with Crippen molar-refractivity contribution in [3.8, 4) is 0 Å². The van der Waals surface area contributed by atoms with Gasteiger partial charge in [-0.1, -0.05) is 49.3 Å². The molecule has 1 aromatic heterocycles. The molecule has 0 spiro atoms. The molecule has 4 nitrogen and oxygen atoms in total. The van der Waals surface area contributed by atoms with Crippen molar-refractivity contribution in [1.82, 2.24) is 10.5 Å². The second-order valence-corrected chi connectivity index (χ2v) is 6.18. The van der Waals surface area contributed by atoms with Crippen LogP contribution in [0.5, 0.6) is 0 Å². The molecule has 1 N–H and O–H groups in total. The number of aryl methyl sites for hydroxylation is 1. The molecule has 0 bridgehead atoms. The zero-order valence-corrected chi connectivity index (χ0v) is 13.1. The third-order valence-corrected chi connectivity index (χ3v) is 3.19. The smallest absolute Gasteiger partial charge is 0.162 e. The summed E-state index contributed by atoms with van der Waals surface area (Å²) < 4.78 is 10.9. The molecule has 2 rings (SSSR count). The Morgan fingerprint density at radius 3 is 2.67 bits per heavy atom. The summed E-state index contributed by atoms with van der Waals surface area (Å²) in [5, 5.41) is 7.33. The van der Waals surface area contributed by atoms with E-state index in [9.17, 15) is 0 Å². The van der Waals surface area contributed by atoms with Crippen LogP contribution in [0.4, 0.5) is 0 Å². The van der Waals surface area contributed by atoms with Crippen molar-refractivity contribution in [2.45, 2.75) is 33.9 Å². The quantitative estimate of drug-likeness (QED) is 0.809. The van der Waals surface area contributed by atoms with E-state index in [1.165, 1.54) is 5.56 Å². The molecule has 21 heavy (non-hydrogen) atoms. The molecule has 0 radical (unpaired) electrons. The summed E-state index contributed by atoms with van der Waals surface area (Å²) in [6.07, 6.45) is 0. The minimum atomic E-state index is 0.0733. The lowest BCUT2D eigenvalue weighted by molar-refractivity contribution is 0.0398. The van der Waals surface area contributed by atoms with E-state index in [4.69, 9.17) is 9.26 Å². The van der Waals surface area contributed by atoms with E-state index in [1.807, 2.05) is 19.1 Å². The molecule has 1 heterocycles. The third kappa shape index (κ3) is 5.69. The van der Waals surface area contributed by atoms with Crippen LogP contribution in [0.25, 0.3) is 0 Å². The Balaban J connectivity index is 1.66. The molecule has 0 saturated carbocycles. The Morgan fingerprint density at radius 2 is 2.00 bits per heavy atom. The van der Waals surface area contributed by atoms with Crippen LogP contribution >= 0.6 is 0 Å². The lowest BCUT2D eigenvalue weighted by Crippen LogP contribution is -2.32. The number of nitrogens with zero attached hydrogens (tertiary/aromatic N) is 1. The summed E-state index contributed by atoms with van der Waals surface area (Å²) in [7, 11) is 0. The van der Waals surface area contributed by atoms with Crippen molar-refractivity contribution in [1.29, 1.82) is 0 Å². The fraction of sp³-hybridized carbons (Fsp3) is 0.471. The van der Waals surface area contributed by atoms with Crippen LogP contribution in [0.15, 0.2) is 40.9 Å². The molecule has 0 saturated heterocycles. The molecule has 4 heteroatoms. The third-order valence-electron chi connectivity index (χ3n) is 3.19. The highest BCUT2D eigenvalue weighted by Crippen LogP contribution is 2.16. The summed E-state index contributed by atoms with van der Waals surface area (Å²) in [5.41, 5.74) is 2.26. The minimum absolute atomic E-state index is 0.0733. The molecule has 0 unspecified atom stereocenters. The maximum Gasteiger partial charge on any atom is 0.162 e. The number of hydrogen-bond donors (Lipinski definition) is 1. The SMILES string of the molecule is Cc1cc(COCC(C)(C)CNCc2ccccc2)on1. The van der Waals surface area contributed by atoms with Crippen molar-refractivity contribution in [3.63, 3.8) is 0 Å². The topological polar surface area (TPSA) is 47.3 Å². The predicted molar refractivity (Wildman–Crippen MR) is 82.8 cm³/mol. The molecule has 114 valence electrons. The maximum atomic E-state index is 5.73. The van der Waals surface area contributed by atoms with Gasteiger partial charge in [-0.15, -0.1) is 0 Å². The Kier molecular flexibility index (Phi) is 5.53. The molecule has 2 aromatic rings. The second kappa shape index (κ2) is 7.38. The van der Waals surface area contributed by atoms with Crippen LogP contribution in [-0.4, -0.2) is 18.3 Å². The molecule has 0 aliphatic heterocycles. The van der Waals surface area contributed by atoms with Gasteiger partial charge in [0, 0.05) is 24.6 Å². The molecular weight excluding hydrogens is 264 g/mol. The number of benzene rings is 1. The highest BCUT2D eigenvalue weighted by molar-refractivity contribution is 5.14. The zero-order valence-electron chi connectivity index (χ0n) is 13.1. The first kappa shape index (κ1) is 15.7. The van der Waals surface area contributed by atoms with E-state index in [1.54, 1.807) is 0 Å². The molecule has 0 fully saturated rings. The molecule has 0 aliphatic rings. The molecular formula is C17H24N2O2. The van der Waals surface area contributed by atoms with E-state index < -0.39 is 0 Å². The maximum absolute atomic E-state index is 5.73. The van der Waals surface area contributed by atoms with Gasteiger partial charge in [-0.05, 0) is 12.5 Å². The first-order chi connectivity index (χ1) is 10.1. The highest BCUT2D eigenvalue weighted by atomic mass is 16.5. The number of hydrogen-bond acceptors (Lipinski definition) is 4. The number of nitrogens with one attached hydrogen (secondary N) is 1. The van der Waals surface area contributed by atoms with E-state index in [2.05, 4.69) is 48.6 Å². The van der Waals surface area contributed by atoms with Crippen LogP contribution in [0, 0.1) is 12.3 Å². The average Bonchev–Trinajstić information content (AvgIpc) is 2.85. The Morgan fingerprint density at radius 1 is 1.24 bits per heavy atom. The number of rotatable bonds is 8. The van der Waals surface area contributed by atoms with E-state index in [0.717, 1.165) is 24.5 Å².